The van der Waals surface area contributed by atoms with Gasteiger partial charge >= 0.3 is 0 Å². The van der Waals surface area contributed by atoms with Crippen LogP contribution in [0.3, 0.4) is 0 Å². The van der Waals surface area contributed by atoms with Crippen LogP contribution in [0.4, 0.5) is 0 Å². The summed E-state index contributed by atoms with van der Waals surface area (Å²) in [7, 11) is 0. The summed E-state index contributed by atoms with van der Waals surface area (Å²) in [5.74, 6) is -0.0369. The zero-order valence-corrected chi connectivity index (χ0v) is 8.94. The van der Waals surface area contributed by atoms with Crippen molar-refractivity contribution in [2.24, 2.45) is 5.73 Å². The van der Waals surface area contributed by atoms with E-state index in [4.69, 9.17) is 5.73 Å². The van der Waals surface area contributed by atoms with Crippen molar-refractivity contribution in [2.45, 2.75) is 26.3 Å². The number of Topliss-reactive ketones (excluding diaryl/α,β-unsaturated/α-hetero) is 1. The Morgan fingerprint density at radius 3 is 3.00 bits per heavy atom. The van der Waals surface area contributed by atoms with Gasteiger partial charge in [-0.1, -0.05) is 24.3 Å². The van der Waals surface area contributed by atoms with Gasteiger partial charge < -0.3 is 5.73 Å². The first-order valence-electron chi connectivity index (χ1n) is 4.97. The van der Waals surface area contributed by atoms with Crippen molar-refractivity contribution in [2.75, 3.05) is 6.54 Å². The molecule has 0 aliphatic rings. The van der Waals surface area contributed by atoms with E-state index in [1.807, 2.05) is 6.92 Å². The maximum atomic E-state index is 11.6. The largest absolute Gasteiger partial charge is 0.329 e. The molecular weight excluding hydrogens is 192 g/mol. The predicted molar refractivity (Wildman–Crippen MR) is 57.5 cm³/mol. The average Bonchev–Trinajstić information content (AvgIpc) is 2.67. The lowest BCUT2D eigenvalue weighted by atomic mass is 10.1. The molecule has 15 heavy (non-hydrogen) atoms. The Balaban J connectivity index is 2.61. The third kappa shape index (κ3) is 3.28. The zero-order valence-electron chi connectivity index (χ0n) is 8.94. The minimum Gasteiger partial charge on any atom is -0.329 e. The van der Waals surface area contributed by atoms with Gasteiger partial charge in [0, 0.05) is 13.0 Å². The van der Waals surface area contributed by atoms with Crippen LogP contribution in [0.5, 0.6) is 0 Å². The van der Waals surface area contributed by atoms with Gasteiger partial charge in [0.2, 0.25) is 0 Å². The first-order chi connectivity index (χ1) is 7.17. The van der Waals surface area contributed by atoms with Gasteiger partial charge in [0.25, 0.3) is 0 Å². The topological polar surface area (TPSA) is 73.8 Å². The van der Waals surface area contributed by atoms with Crippen LogP contribution in [0, 0.1) is 0 Å². The molecule has 0 spiro atoms. The smallest absolute Gasteiger partial charge is 0.188 e. The van der Waals surface area contributed by atoms with E-state index in [0.29, 0.717) is 25.2 Å². The third-order valence-electron chi connectivity index (χ3n) is 2.09. The number of hydrogen-bond acceptors (Lipinski definition) is 4. The summed E-state index contributed by atoms with van der Waals surface area (Å²) in [5.41, 5.74) is 6.66. The number of allylic oxidation sites excluding steroid dienone is 1. The molecule has 0 fully saturated rings. The molecule has 1 aromatic rings. The van der Waals surface area contributed by atoms with Crippen LogP contribution in [-0.4, -0.2) is 27.3 Å². The van der Waals surface area contributed by atoms with Gasteiger partial charge in [-0.25, -0.2) is 0 Å². The van der Waals surface area contributed by atoms with Gasteiger partial charge in [-0.2, -0.15) is 0 Å². The van der Waals surface area contributed by atoms with Crippen LogP contribution in [-0.2, 0) is 6.54 Å². The number of nitrogens with two attached hydrogens (primary N) is 1. The van der Waals surface area contributed by atoms with Crippen LogP contribution >= 0.6 is 0 Å². The molecule has 0 radical (unpaired) electrons. The summed E-state index contributed by atoms with van der Waals surface area (Å²) >= 11 is 0. The summed E-state index contributed by atoms with van der Waals surface area (Å²) in [4.78, 5) is 11.6. The lowest BCUT2D eigenvalue weighted by Crippen LogP contribution is -2.10. The number of nitrogens with zero attached hydrogens (tertiary/aromatic N) is 3. The van der Waals surface area contributed by atoms with Crippen LogP contribution in [0.1, 0.15) is 30.3 Å². The van der Waals surface area contributed by atoms with E-state index >= 15 is 0 Å². The Hall–Kier alpha value is -1.49. The van der Waals surface area contributed by atoms with E-state index in [1.54, 1.807) is 10.9 Å². The Labute approximate surface area is 89.0 Å². The lowest BCUT2D eigenvalue weighted by molar-refractivity contribution is 0.0987. The van der Waals surface area contributed by atoms with Gasteiger partial charge in [-0.3, -0.25) is 9.48 Å². The van der Waals surface area contributed by atoms with Crippen LogP contribution in [0.25, 0.3) is 0 Å². The van der Waals surface area contributed by atoms with E-state index in [2.05, 4.69) is 16.9 Å². The van der Waals surface area contributed by atoms with Gasteiger partial charge in [0.15, 0.2) is 5.78 Å². The van der Waals surface area contributed by atoms with E-state index in [1.165, 1.54) is 0 Å². The lowest BCUT2D eigenvalue weighted by Gasteiger charge is -1.97. The van der Waals surface area contributed by atoms with Crippen molar-refractivity contribution in [1.82, 2.24) is 15.0 Å². The van der Waals surface area contributed by atoms with Gasteiger partial charge in [-0.15, -0.1) is 5.10 Å². The number of carbonyl (C=O) groups is 1. The summed E-state index contributed by atoms with van der Waals surface area (Å²) in [6.07, 6.45) is 2.78. The van der Waals surface area contributed by atoms with Crippen LogP contribution < -0.4 is 5.73 Å². The molecule has 0 aliphatic carbocycles. The second-order valence-electron chi connectivity index (χ2n) is 3.36. The predicted octanol–water partition coefficient (Wildman–Crippen LogP) is 0.776. The third-order valence-corrected chi connectivity index (χ3v) is 2.09. The fourth-order valence-corrected chi connectivity index (χ4v) is 1.11. The first kappa shape index (κ1) is 11.6. The van der Waals surface area contributed by atoms with E-state index in [-0.39, 0.29) is 5.78 Å². The molecule has 5 heteroatoms. The van der Waals surface area contributed by atoms with Crippen molar-refractivity contribution < 1.29 is 4.79 Å². The highest BCUT2D eigenvalue weighted by Crippen LogP contribution is 2.08. The van der Waals surface area contributed by atoms with Crippen molar-refractivity contribution in [1.29, 1.82) is 0 Å². The van der Waals surface area contributed by atoms with E-state index in [9.17, 15) is 4.79 Å². The molecule has 0 aliphatic heterocycles. The molecule has 0 aromatic carbocycles. The second kappa shape index (κ2) is 5.41. The summed E-state index contributed by atoms with van der Waals surface area (Å²) in [5, 5.41) is 7.59. The summed E-state index contributed by atoms with van der Waals surface area (Å²) in [6, 6.07) is 0. The molecule has 0 saturated heterocycles. The second-order valence-corrected chi connectivity index (χ2v) is 3.36. The SMILES string of the molecule is C=C(CC)CC(=O)c1cn(CCN)nn1. The minimum atomic E-state index is -0.0369. The van der Waals surface area contributed by atoms with Gasteiger partial charge in [0.1, 0.15) is 5.69 Å². The Morgan fingerprint density at radius 2 is 2.40 bits per heavy atom. The van der Waals surface area contributed by atoms with Crippen molar-refractivity contribution in [3.8, 4) is 0 Å². The molecular formula is C10H16N4O. The maximum Gasteiger partial charge on any atom is 0.188 e. The maximum absolute atomic E-state index is 11.6. The average molecular weight is 208 g/mol. The molecule has 0 bridgehead atoms. The molecule has 1 rings (SSSR count). The van der Waals surface area contributed by atoms with Crippen molar-refractivity contribution in [3.05, 3.63) is 24.0 Å². The molecule has 0 amide bonds. The van der Waals surface area contributed by atoms with Crippen molar-refractivity contribution in [3.63, 3.8) is 0 Å². The zero-order chi connectivity index (χ0) is 11.3. The van der Waals surface area contributed by atoms with Gasteiger partial charge in [-0.05, 0) is 6.42 Å². The molecule has 5 nitrogen and oxygen atoms in total. The Kier molecular flexibility index (Phi) is 4.17. The molecule has 1 heterocycles. The summed E-state index contributed by atoms with van der Waals surface area (Å²) < 4.78 is 1.57. The van der Waals surface area contributed by atoms with Crippen molar-refractivity contribution >= 4 is 5.78 Å². The number of ketones is 1. The monoisotopic (exact) mass is 208 g/mol. The quantitative estimate of drug-likeness (QED) is 0.553. The fourth-order valence-electron chi connectivity index (χ4n) is 1.11. The normalized spacial score (nSPS) is 10.3. The van der Waals surface area contributed by atoms with Crippen LogP contribution in [0.15, 0.2) is 18.3 Å². The highest BCUT2D eigenvalue weighted by Gasteiger charge is 2.11. The number of aromatic nitrogens is 3. The molecule has 82 valence electrons. The molecule has 2 N–H and O–H groups in total. The number of rotatable bonds is 6. The molecule has 0 saturated carbocycles. The number of hydrogen-bond donors (Lipinski definition) is 1. The highest BCUT2D eigenvalue weighted by atomic mass is 16.1. The molecule has 0 unspecified atom stereocenters. The van der Waals surface area contributed by atoms with E-state index in [0.717, 1.165) is 12.0 Å². The fraction of sp³-hybridized carbons (Fsp3) is 0.500. The molecule has 0 atom stereocenters. The first-order valence-corrected chi connectivity index (χ1v) is 4.97. The highest BCUT2D eigenvalue weighted by molar-refractivity contribution is 5.95. The Morgan fingerprint density at radius 1 is 1.67 bits per heavy atom. The van der Waals surface area contributed by atoms with Crippen LogP contribution in [0.2, 0.25) is 0 Å². The Bertz CT molecular complexity index is 356. The standard InChI is InChI=1S/C10H16N4O/c1-3-8(2)6-10(15)9-7-14(5-4-11)13-12-9/h7H,2-6,11H2,1H3. The number of carbonyl (C=O) groups excluding carboxylic acids is 1. The minimum absolute atomic E-state index is 0.0369. The van der Waals surface area contributed by atoms with Gasteiger partial charge in [0.05, 0.1) is 12.7 Å². The van der Waals surface area contributed by atoms with E-state index < -0.39 is 0 Å². The summed E-state index contributed by atoms with van der Waals surface area (Å²) in [6.45, 7) is 6.82. The molecule has 1 aromatic heterocycles.